The summed E-state index contributed by atoms with van der Waals surface area (Å²) in [6, 6.07) is 12.1. The van der Waals surface area contributed by atoms with Crippen LogP contribution in [-0.4, -0.2) is 14.2 Å². The van der Waals surface area contributed by atoms with Crippen LogP contribution < -0.4 is 5.32 Å². The maximum absolute atomic E-state index is 13.0. The SMILES string of the molecule is Cc1cc(C2CC2)ccc1C(=O)Nc1cccc(Br)c1CO[Si](C)(C)C(C)(C)C. The molecular weight excluding hydrogens is 442 g/mol. The molecule has 0 heterocycles. The second-order valence-corrected chi connectivity index (χ2v) is 15.3. The van der Waals surface area contributed by atoms with Gasteiger partial charge in [-0.3, -0.25) is 4.79 Å². The van der Waals surface area contributed by atoms with Crippen molar-refractivity contribution >= 4 is 35.8 Å². The molecule has 1 saturated carbocycles. The molecule has 1 aliphatic carbocycles. The number of hydrogen-bond donors (Lipinski definition) is 1. The summed E-state index contributed by atoms with van der Waals surface area (Å²) in [4.78, 5) is 13.0. The van der Waals surface area contributed by atoms with E-state index in [1.807, 2.05) is 31.2 Å². The molecule has 2 aromatic rings. The van der Waals surface area contributed by atoms with Gasteiger partial charge >= 0.3 is 0 Å². The average molecular weight is 475 g/mol. The van der Waals surface area contributed by atoms with Gasteiger partial charge in [-0.05, 0) is 73.1 Å². The van der Waals surface area contributed by atoms with Crippen molar-refractivity contribution in [1.29, 1.82) is 0 Å². The molecular formula is C24H32BrNO2Si. The maximum atomic E-state index is 13.0. The van der Waals surface area contributed by atoms with Crippen molar-refractivity contribution in [3.05, 3.63) is 63.1 Å². The Morgan fingerprint density at radius 1 is 1.21 bits per heavy atom. The van der Waals surface area contributed by atoms with Gasteiger partial charge in [-0.1, -0.05) is 54.9 Å². The van der Waals surface area contributed by atoms with Crippen LogP contribution in [0.5, 0.6) is 0 Å². The first-order valence-corrected chi connectivity index (χ1v) is 14.0. The first-order chi connectivity index (χ1) is 13.5. The zero-order valence-electron chi connectivity index (χ0n) is 18.4. The van der Waals surface area contributed by atoms with Gasteiger partial charge in [0.1, 0.15) is 0 Å². The summed E-state index contributed by atoms with van der Waals surface area (Å²) >= 11 is 3.64. The smallest absolute Gasteiger partial charge is 0.255 e. The molecule has 2 aromatic carbocycles. The van der Waals surface area contributed by atoms with Crippen LogP contribution in [0, 0.1) is 6.92 Å². The Kier molecular flexibility index (Phi) is 6.42. The van der Waals surface area contributed by atoms with E-state index < -0.39 is 8.32 Å². The number of rotatable bonds is 6. The van der Waals surface area contributed by atoms with Gasteiger partial charge in [-0.2, -0.15) is 0 Å². The van der Waals surface area contributed by atoms with Crippen LogP contribution in [0.2, 0.25) is 18.1 Å². The van der Waals surface area contributed by atoms with Crippen molar-refractivity contribution in [2.24, 2.45) is 0 Å². The van der Waals surface area contributed by atoms with Crippen LogP contribution in [0.15, 0.2) is 40.9 Å². The number of nitrogens with one attached hydrogen (secondary N) is 1. The highest BCUT2D eigenvalue weighted by molar-refractivity contribution is 9.10. The average Bonchev–Trinajstić information content (AvgIpc) is 3.45. The van der Waals surface area contributed by atoms with Gasteiger partial charge in [0.2, 0.25) is 0 Å². The summed E-state index contributed by atoms with van der Waals surface area (Å²) in [5, 5.41) is 3.25. The van der Waals surface area contributed by atoms with Crippen molar-refractivity contribution in [2.45, 2.75) is 71.2 Å². The number of benzene rings is 2. The molecule has 0 aliphatic heterocycles. The van der Waals surface area contributed by atoms with Gasteiger partial charge in [-0.25, -0.2) is 0 Å². The van der Waals surface area contributed by atoms with E-state index in [0.29, 0.717) is 12.5 Å². The minimum Gasteiger partial charge on any atom is -0.412 e. The summed E-state index contributed by atoms with van der Waals surface area (Å²) in [5.41, 5.74) is 4.89. The minimum absolute atomic E-state index is 0.0727. The number of carbonyl (C=O) groups excluding carboxylic acids is 1. The molecule has 0 aromatic heterocycles. The highest BCUT2D eigenvalue weighted by Gasteiger charge is 2.37. The molecule has 1 amide bonds. The molecule has 1 fully saturated rings. The molecule has 156 valence electrons. The van der Waals surface area contributed by atoms with E-state index in [2.05, 4.69) is 67.2 Å². The third kappa shape index (κ3) is 5.19. The predicted octanol–water partition coefficient (Wildman–Crippen LogP) is 7.41. The van der Waals surface area contributed by atoms with Crippen LogP contribution in [0.4, 0.5) is 5.69 Å². The summed E-state index contributed by atoms with van der Waals surface area (Å²) in [6.45, 7) is 13.7. The molecule has 0 spiro atoms. The maximum Gasteiger partial charge on any atom is 0.255 e. The van der Waals surface area contributed by atoms with Gasteiger partial charge in [0.15, 0.2) is 8.32 Å². The topological polar surface area (TPSA) is 38.3 Å². The van der Waals surface area contributed by atoms with Crippen molar-refractivity contribution in [3.63, 3.8) is 0 Å². The quantitative estimate of drug-likeness (QED) is 0.443. The van der Waals surface area contributed by atoms with E-state index in [0.717, 1.165) is 26.9 Å². The second-order valence-electron chi connectivity index (χ2n) is 9.62. The van der Waals surface area contributed by atoms with E-state index in [9.17, 15) is 4.79 Å². The molecule has 0 atom stereocenters. The molecule has 0 saturated heterocycles. The third-order valence-corrected chi connectivity index (χ3v) is 11.5. The van der Waals surface area contributed by atoms with E-state index in [4.69, 9.17) is 4.43 Å². The number of aryl methyl sites for hydroxylation is 1. The Bertz CT molecular complexity index is 914. The Labute approximate surface area is 184 Å². The summed E-state index contributed by atoms with van der Waals surface area (Å²) < 4.78 is 7.37. The highest BCUT2D eigenvalue weighted by Crippen LogP contribution is 2.41. The molecule has 29 heavy (non-hydrogen) atoms. The number of halogens is 1. The first kappa shape index (κ1) is 22.3. The number of carbonyl (C=O) groups is 1. The van der Waals surface area contributed by atoms with Crippen molar-refractivity contribution in [2.75, 3.05) is 5.32 Å². The molecule has 5 heteroatoms. The van der Waals surface area contributed by atoms with Crippen LogP contribution in [0.1, 0.15) is 66.6 Å². The van der Waals surface area contributed by atoms with Crippen LogP contribution in [-0.2, 0) is 11.0 Å². The molecule has 0 unspecified atom stereocenters. The lowest BCUT2D eigenvalue weighted by molar-refractivity contribution is 0.102. The molecule has 0 radical (unpaired) electrons. The molecule has 1 N–H and O–H groups in total. The lowest BCUT2D eigenvalue weighted by Crippen LogP contribution is -2.40. The van der Waals surface area contributed by atoms with E-state index in [1.54, 1.807) is 0 Å². The largest absolute Gasteiger partial charge is 0.412 e. The Hall–Kier alpha value is -1.43. The summed E-state index contributed by atoms with van der Waals surface area (Å²) in [6.07, 6.45) is 2.53. The van der Waals surface area contributed by atoms with Crippen molar-refractivity contribution in [1.82, 2.24) is 0 Å². The van der Waals surface area contributed by atoms with E-state index >= 15 is 0 Å². The lowest BCUT2D eigenvalue weighted by atomic mass is 10.0. The fourth-order valence-corrected chi connectivity index (χ4v) is 4.51. The minimum atomic E-state index is -1.89. The molecule has 3 nitrogen and oxygen atoms in total. The lowest BCUT2D eigenvalue weighted by Gasteiger charge is -2.36. The van der Waals surface area contributed by atoms with Gasteiger partial charge in [0.25, 0.3) is 5.91 Å². The molecule has 1 aliphatic rings. The Balaban J connectivity index is 1.79. The number of hydrogen-bond acceptors (Lipinski definition) is 2. The standard InChI is InChI=1S/C24H32BrNO2Si/c1-16-14-18(17-10-11-17)12-13-19(16)23(27)26-22-9-7-8-21(25)20(22)15-28-29(5,6)24(2,3)4/h7-9,12-14,17H,10-11,15H2,1-6H3,(H,26,27). The van der Waals surface area contributed by atoms with Gasteiger partial charge < -0.3 is 9.74 Å². The van der Waals surface area contributed by atoms with Gasteiger partial charge in [0, 0.05) is 21.3 Å². The van der Waals surface area contributed by atoms with Crippen LogP contribution in [0.25, 0.3) is 0 Å². The van der Waals surface area contributed by atoms with E-state index in [-0.39, 0.29) is 10.9 Å². The fraction of sp³-hybridized carbons (Fsp3) is 0.458. The predicted molar refractivity (Wildman–Crippen MR) is 127 cm³/mol. The van der Waals surface area contributed by atoms with Gasteiger partial charge in [-0.15, -0.1) is 0 Å². The van der Waals surface area contributed by atoms with Crippen molar-refractivity contribution < 1.29 is 9.22 Å². The first-order valence-electron chi connectivity index (χ1n) is 10.3. The normalized spacial score (nSPS) is 14.7. The second kappa shape index (κ2) is 8.36. The van der Waals surface area contributed by atoms with Gasteiger partial charge in [0.05, 0.1) is 6.61 Å². The number of amides is 1. The Morgan fingerprint density at radius 3 is 2.48 bits per heavy atom. The van der Waals surface area contributed by atoms with Crippen LogP contribution in [0.3, 0.4) is 0 Å². The van der Waals surface area contributed by atoms with Crippen LogP contribution >= 0.6 is 15.9 Å². The van der Waals surface area contributed by atoms with Crippen molar-refractivity contribution in [3.8, 4) is 0 Å². The zero-order valence-corrected chi connectivity index (χ0v) is 20.9. The summed E-state index contributed by atoms with van der Waals surface area (Å²) in [7, 11) is -1.89. The molecule has 0 bridgehead atoms. The molecule has 3 rings (SSSR count). The third-order valence-electron chi connectivity index (χ3n) is 6.29. The summed E-state index contributed by atoms with van der Waals surface area (Å²) in [5.74, 6) is 0.617. The van der Waals surface area contributed by atoms with E-state index in [1.165, 1.54) is 18.4 Å². The Morgan fingerprint density at radius 2 is 1.90 bits per heavy atom. The monoisotopic (exact) mass is 473 g/mol. The number of anilines is 1. The highest BCUT2D eigenvalue weighted by atomic mass is 79.9. The fourth-order valence-electron chi connectivity index (χ4n) is 3.09. The zero-order chi connectivity index (χ0) is 21.4.